The summed E-state index contributed by atoms with van der Waals surface area (Å²) >= 11 is 1.23. The maximum absolute atomic E-state index is 13.9. The number of ether oxygens (including phenoxy) is 2. The molecule has 0 N–H and O–H groups in total. The predicted molar refractivity (Wildman–Crippen MR) is 156 cm³/mol. The standard InChI is InChI=1S/C32H30N2O6S/c1-6-39-31(37)27-19(4)33-32-34(28(27)21-12-10-20(11-13-21)18(2)3)29(35)26(41-32)17-24-14-15-25(40-24)22-8-7-9-23(16-22)30(36)38-5/h7-18,28H,6H2,1-5H3. The Bertz CT molecular complexity index is 1840. The zero-order valence-corrected chi connectivity index (χ0v) is 24.3. The summed E-state index contributed by atoms with van der Waals surface area (Å²) in [6, 6.07) is 17.7. The average molecular weight is 571 g/mol. The second-order valence-electron chi connectivity index (χ2n) is 9.90. The Balaban J connectivity index is 1.59. The summed E-state index contributed by atoms with van der Waals surface area (Å²) in [4.78, 5) is 44.0. The van der Waals surface area contributed by atoms with E-state index in [0.717, 1.165) is 11.1 Å². The molecule has 2 aromatic carbocycles. The highest BCUT2D eigenvalue weighted by molar-refractivity contribution is 7.07. The number of esters is 2. The maximum atomic E-state index is 13.9. The number of methoxy groups -OCH3 is 1. The van der Waals surface area contributed by atoms with Crippen LogP contribution in [0.4, 0.5) is 0 Å². The fourth-order valence-corrected chi connectivity index (χ4v) is 5.83. The first-order valence-electron chi connectivity index (χ1n) is 13.3. The van der Waals surface area contributed by atoms with Gasteiger partial charge in [-0.15, -0.1) is 0 Å². The largest absolute Gasteiger partial charge is 0.465 e. The summed E-state index contributed by atoms with van der Waals surface area (Å²) in [6.07, 6.45) is 1.67. The summed E-state index contributed by atoms with van der Waals surface area (Å²) in [7, 11) is 1.33. The number of carbonyl (C=O) groups is 2. The van der Waals surface area contributed by atoms with Crippen molar-refractivity contribution in [2.75, 3.05) is 13.7 Å². The molecule has 0 aliphatic carbocycles. The summed E-state index contributed by atoms with van der Waals surface area (Å²) in [5.41, 5.74) is 3.63. The number of furan rings is 1. The van der Waals surface area contributed by atoms with E-state index < -0.39 is 18.0 Å². The van der Waals surface area contributed by atoms with Crippen LogP contribution in [0.25, 0.3) is 17.4 Å². The second kappa shape index (κ2) is 11.5. The Hall–Kier alpha value is -4.50. The van der Waals surface area contributed by atoms with Gasteiger partial charge in [-0.1, -0.05) is 61.6 Å². The summed E-state index contributed by atoms with van der Waals surface area (Å²) in [5.74, 6) is 0.414. The number of fused-ring (bicyclic) bond motifs is 1. The van der Waals surface area contributed by atoms with Gasteiger partial charge < -0.3 is 13.9 Å². The smallest absolute Gasteiger partial charge is 0.338 e. The monoisotopic (exact) mass is 570 g/mol. The van der Waals surface area contributed by atoms with Crippen molar-refractivity contribution in [3.05, 3.63) is 114 Å². The molecule has 0 spiro atoms. The number of benzene rings is 2. The highest BCUT2D eigenvalue weighted by atomic mass is 32.1. The molecule has 0 fully saturated rings. The van der Waals surface area contributed by atoms with Crippen LogP contribution in [0.2, 0.25) is 0 Å². The van der Waals surface area contributed by atoms with Gasteiger partial charge in [-0.05, 0) is 55.2 Å². The third kappa shape index (κ3) is 5.45. The topological polar surface area (TPSA) is 100 Å². The second-order valence-corrected chi connectivity index (χ2v) is 10.9. The first-order chi connectivity index (χ1) is 19.7. The van der Waals surface area contributed by atoms with E-state index in [0.29, 0.717) is 49.2 Å². The van der Waals surface area contributed by atoms with Crippen LogP contribution in [-0.2, 0) is 14.3 Å². The zero-order chi connectivity index (χ0) is 29.3. The fourth-order valence-electron chi connectivity index (χ4n) is 4.80. The van der Waals surface area contributed by atoms with Gasteiger partial charge in [0.2, 0.25) is 0 Å². The average Bonchev–Trinajstić information content (AvgIpc) is 3.56. The molecule has 3 heterocycles. The van der Waals surface area contributed by atoms with Crippen LogP contribution < -0.4 is 14.9 Å². The van der Waals surface area contributed by atoms with Crippen LogP contribution in [-0.4, -0.2) is 30.2 Å². The van der Waals surface area contributed by atoms with Crippen LogP contribution >= 0.6 is 11.3 Å². The van der Waals surface area contributed by atoms with Crippen molar-refractivity contribution in [2.45, 2.75) is 39.7 Å². The van der Waals surface area contributed by atoms with E-state index in [4.69, 9.17) is 13.9 Å². The predicted octanol–water partition coefficient (Wildman–Crippen LogP) is 4.97. The van der Waals surface area contributed by atoms with Crippen LogP contribution in [0.3, 0.4) is 0 Å². The maximum Gasteiger partial charge on any atom is 0.338 e. The Labute approximate surface area is 240 Å². The van der Waals surface area contributed by atoms with E-state index in [1.54, 1.807) is 54.8 Å². The van der Waals surface area contributed by atoms with Crippen molar-refractivity contribution in [1.29, 1.82) is 0 Å². The minimum absolute atomic E-state index is 0.211. The molecule has 1 unspecified atom stereocenters. The van der Waals surface area contributed by atoms with Crippen molar-refractivity contribution >= 4 is 29.4 Å². The highest BCUT2D eigenvalue weighted by Crippen LogP contribution is 2.31. The van der Waals surface area contributed by atoms with Gasteiger partial charge in [0.05, 0.1) is 41.1 Å². The number of thiazole rings is 1. The normalized spacial score (nSPS) is 15.1. The molecule has 0 amide bonds. The molecule has 8 nitrogen and oxygen atoms in total. The lowest BCUT2D eigenvalue weighted by atomic mass is 9.93. The molecule has 0 bridgehead atoms. The number of nitrogens with zero attached hydrogens (tertiary/aromatic N) is 2. The molecular formula is C32H30N2O6S. The number of hydrogen-bond acceptors (Lipinski definition) is 8. The van der Waals surface area contributed by atoms with Crippen LogP contribution in [0.5, 0.6) is 0 Å². The highest BCUT2D eigenvalue weighted by Gasteiger charge is 2.33. The molecule has 210 valence electrons. The Morgan fingerprint density at radius 2 is 1.85 bits per heavy atom. The SMILES string of the molecule is CCOC(=O)C1=C(C)N=c2sc(=Cc3ccc(-c4cccc(C(=O)OC)c4)o3)c(=O)n2C1c1ccc(C(C)C)cc1. The minimum atomic E-state index is -0.679. The number of allylic oxidation sites excluding steroid dienone is 1. The number of hydrogen-bond donors (Lipinski definition) is 0. The van der Waals surface area contributed by atoms with E-state index in [9.17, 15) is 14.4 Å². The van der Waals surface area contributed by atoms with Gasteiger partial charge in [-0.3, -0.25) is 9.36 Å². The summed E-state index contributed by atoms with van der Waals surface area (Å²) < 4.78 is 18.2. The lowest BCUT2D eigenvalue weighted by Crippen LogP contribution is -2.39. The summed E-state index contributed by atoms with van der Waals surface area (Å²) in [6.45, 7) is 7.95. The van der Waals surface area contributed by atoms with Crippen LogP contribution in [0.15, 0.2) is 86.1 Å². The van der Waals surface area contributed by atoms with Crippen LogP contribution in [0.1, 0.15) is 66.9 Å². The number of rotatable bonds is 7. The van der Waals surface area contributed by atoms with Crippen LogP contribution in [0, 0.1) is 0 Å². The van der Waals surface area contributed by atoms with Crippen molar-refractivity contribution in [2.24, 2.45) is 4.99 Å². The third-order valence-electron chi connectivity index (χ3n) is 6.90. The molecular weight excluding hydrogens is 540 g/mol. The molecule has 4 aromatic rings. The van der Waals surface area contributed by atoms with Gasteiger partial charge in [0.25, 0.3) is 5.56 Å². The van der Waals surface area contributed by atoms with Crippen molar-refractivity contribution in [1.82, 2.24) is 4.57 Å². The molecule has 1 aliphatic heterocycles. The van der Waals surface area contributed by atoms with Gasteiger partial charge >= 0.3 is 11.9 Å². The first-order valence-corrected chi connectivity index (χ1v) is 14.1. The van der Waals surface area contributed by atoms with Crippen molar-refractivity contribution in [3.63, 3.8) is 0 Å². The molecule has 5 rings (SSSR count). The van der Waals surface area contributed by atoms with E-state index in [1.165, 1.54) is 18.4 Å². The number of carbonyl (C=O) groups excluding carboxylic acids is 2. The number of aromatic nitrogens is 1. The lowest BCUT2D eigenvalue weighted by Gasteiger charge is -2.25. The van der Waals surface area contributed by atoms with E-state index in [-0.39, 0.29) is 12.2 Å². The Morgan fingerprint density at radius 1 is 1.10 bits per heavy atom. The van der Waals surface area contributed by atoms with E-state index in [2.05, 4.69) is 18.8 Å². The molecule has 0 radical (unpaired) electrons. The quantitative estimate of drug-likeness (QED) is 0.291. The van der Waals surface area contributed by atoms with E-state index >= 15 is 0 Å². The lowest BCUT2D eigenvalue weighted by molar-refractivity contribution is -0.139. The molecule has 1 aliphatic rings. The zero-order valence-electron chi connectivity index (χ0n) is 23.5. The van der Waals surface area contributed by atoms with Gasteiger partial charge in [-0.2, -0.15) is 0 Å². The third-order valence-corrected chi connectivity index (χ3v) is 7.89. The Morgan fingerprint density at radius 3 is 2.54 bits per heavy atom. The molecule has 41 heavy (non-hydrogen) atoms. The molecule has 9 heteroatoms. The molecule has 1 atom stereocenters. The molecule has 0 saturated heterocycles. The van der Waals surface area contributed by atoms with Gasteiger partial charge in [-0.25, -0.2) is 14.6 Å². The van der Waals surface area contributed by atoms with E-state index in [1.807, 2.05) is 30.3 Å². The Kier molecular flexibility index (Phi) is 7.90. The van der Waals surface area contributed by atoms with Gasteiger partial charge in [0.15, 0.2) is 4.80 Å². The fraction of sp³-hybridized carbons (Fsp3) is 0.250. The summed E-state index contributed by atoms with van der Waals surface area (Å²) in [5, 5.41) is 0. The van der Waals surface area contributed by atoms with Gasteiger partial charge in [0.1, 0.15) is 11.5 Å². The van der Waals surface area contributed by atoms with Crippen molar-refractivity contribution < 1.29 is 23.5 Å². The minimum Gasteiger partial charge on any atom is -0.465 e. The first kappa shape index (κ1) is 28.0. The van der Waals surface area contributed by atoms with Crippen molar-refractivity contribution in [3.8, 4) is 11.3 Å². The van der Waals surface area contributed by atoms with Gasteiger partial charge in [0, 0.05) is 11.6 Å². The molecule has 2 aromatic heterocycles. The molecule has 0 saturated carbocycles.